The molecule has 0 aliphatic heterocycles. The molecule has 2 aromatic heterocycles. The fraction of sp³-hybridized carbons (Fsp3) is 0.484. The Morgan fingerprint density at radius 2 is 1.51 bits per heavy atom. The highest BCUT2D eigenvalue weighted by Gasteiger charge is 2.26. The number of rotatable bonds is 8. The summed E-state index contributed by atoms with van der Waals surface area (Å²) in [6, 6.07) is 7.26. The summed E-state index contributed by atoms with van der Waals surface area (Å²) in [5, 5.41) is 8.92. The van der Waals surface area contributed by atoms with E-state index in [9.17, 15) is 14.4 Å². The lowest BCUT2D eigenvalue weighted by Crippen LogP contribution is -2.43. The molecular weight excluding hydrogens is 492 g/mol. The Hall–Kier alpha value is -3.86. The molecular formula is C31H36N4O4. The number of aliphatic carboxylic acids is 1. The van der Waals surface area contributed by atoms with Crippen LogP contribution in [0.3, 0.4) is 0 Å². The van der Waals surface area contributed by atoms with Crippen LogP contribution in [0.2, 0.25) is 0 Å². The summed E-state index contributed by atoms with van der Waals surface area (Å²) in [5.41, 5.74) is 1.65. The SMILES string of the molecule is C#CCn1c(-c2ccc(/C=C/C(=O)O)cc2)nc2c1c(=O)n(CC1CCCCC1)c(=O)n2CC1CCCCC1. The van der Waals surface area contributed by atoms with Crippen LogP contribution in [0.5, 0.6) is 0 Å². The maximum Gasteiger partial charge on any atom is 0.332 e. The van der Waals surface area contributed by atoms with Gasteiger partial charge >= 0.3 is 11.7 Å². The predicted octanol–water partition coefficient (Wildman–Crippen LogP) is 4.92. The van der Waals surface area contributed by atoms with Gasteiger partial charge in [-0.25, -0.2) is 14.6 Å². The van der Waals surface area contributed by atoms with E-state index in [1.807, 2.05) is 12.1 Å². The summed E-state index contributed by atoms with van der Waals surface area (Å²) in [5.74, 6) is 2.88. The number of carboxylic acids is 1. The van der Waals surface area contributed by atoms with Crippen molar-refractivity contribution in [3.8, 4) is 23.7 Å². The van der Waals surface area contributed by atoms with Gasteiger partial charge in [0.1, 0.15) is 5.82 Å². The molecule has 2 saturated carbocycles. The van der Waals surface area contributed by atoms with Gasteiger partial charge in [-0.3, -0.25) is 13.9 Å². The molecule has 3 aromatic rings. The van der Waals surface area contributed by atoms with Crippen molar-refractivity contribution in [1.29, 1.82) is 0 Å². The van der Waals surface area contributed by atoms with Crippen LogP contribution in [0, 0.1) is 24.2 Å². The molecule has 0 radical (unpaired) electrons. The Morgan fingerprint density at radius 1 is 0.923 bits per heavy atom. The lowest BCUT2D eigenvalue weighted by atomic mass is 9.89. The van der Waals surface area contributed by atoms with Gasteiger partial charge in [-0.2, -0.15) is 0 Å². The number of hydrogen-bond donors (Lipinski definition) is 1. The van der Waals surface area contributed by atoms with Crippen molar-refractivity contribution in [2.45, 2.75) is 83.8 Å². The maximum absolute atomic E-state index is 14.0. The number of carbonyl (C=O) groups is 1. The molecule has 39 heavy (non-hydrogen) atoms. The third-order valence-electron chi connectivity index (χ3n) is 8.28. The van der Waals surface area contributed by atoms with Crippen LogP contribution < -0.4 is 11.2 Å². The summed E-state index contributed by atoms with van der Waals surface area (Å²) >= 11 is 0. The van der Waals surface area contributed by atoms with Crippen molar-refractivity contribution in [1.82, 2.24) is 18.7 Å². The topological polar surface area (TPSA) is 99.1 Å². The third-order valence-corrected chi connectivity index (χ3v) is 8.28. The summed E-state index contributed by atoms with van der Waals surface area (Å²) in [4.78, 5) is 43.7. The van der Waals surface area contributed by atoms with Gasteiger partial charge in [0.05, 0.1) is 6.54 Å². The van der Waals surface area contributed by atoms with Gasteiger partial charge in [0.2, 0.25) is 0 Å². The molecule has 2 fully saturated rings. The predicted molar refractivity (Wildman–Crippen MR) is 152 cm³/mol. The highest BCUT2D eigenvalue weighted by Crippen LogP contribution is 2.28. The first-order chi connectivity index (χ1) is 19.0. The zero-order valence-corrected chi connectivity index (χ0v) is 22.3. The van der Waals surface area contributed by atoms with Crippen molar-refractivity contribution >= 4 is 23.2 Å². The van der Waals surface area contributed by atoms with E-state index in [0.717, 1.165) is 68.6 Å². The minimum absolute atomic E-state index is 0.146. The number of nitrogens with zero attached hydrogens (tertiary/aromatic N) is 4. The van der Waals surface area contributed by atoms with Crippen LogP contribution >= 0.6 is 0 Å². The second-order valence-corrected chi connectivity index (χ2v) is 11.0. The molecule has 0 spiro atoms. The lowest BCUT2D eigenvalue weighted by molar-refractivity contribution is -0.131. The molecule has 0 bridgehead atoms. The first-order valence-electron chi connectivity index (χ1n) is 14.1. The highest BCUT2D eigenvalue weighted by atomic mass is 16.4. The Kier molecular flexibility index (Phi) is 8.16. The molecule has 1 aromatic carbocycles. The molecule has 8 heteroatoms. The Morgan fingerprint density at radius 3 is 2.08 bits per heavy atom. The largest absolute Gasteiger partial charge is 0.478 e. The fourth-order valence-electron chi connectivity index (χ4n) is 6.25. The van der Waals surface area contributed by atoms with E-state index >= 15 is 0 Å². The van der Waals surface area contributed by atoms with Crippen LogP contribution in [0.4, 0.5) is 0 Å². The molecule has 0 unspecified atom stereocenters. The molecule has 0 amide bonds. The van der Waals surface area contributed by atoms with Gasteiger partial charge < -0.3 is 9.67 Å². The van der Waals surface area contributed by atoms with Crippen molar-refractivity contribution in [2.24, 2.45) is 11.8 Å². The number of imidazole rings is 1. The molecule has 8 nitrogen and oxygen atoms in total. The van der Waals surface area contributed by atoms with Gasteiger partial charge in [-0.15, -0.1) is 6.42 Å². The van der Waals surface area contributed by atoms with E-state index in [0.29, 0.717) is 41.9 Å². The minimum atomic E-state index is -1.02. The minimum Gasteiger partial charge on any atom is -0.478 e. The van der Waals surface area contributed by atoms with Gasteiger partial charge in [-0.05, 0) is 49.2 Å². The van der Waals surface area contributed by atoms with Gasteiger partial charge in [-0.1, -0.05) is 68.7 Å². The summed E-state index contributed by atoms with van der Waals surface area (Å²) < 4.78 is 4.93. The van der Waals surface area contributed by atoms with E-state index in [1.165, 1.54) is 23.5 Å². The van der Waals surface area contributed by atoms with Gasteiger partial charge in [0.25, 0.3) is 5.56 Å². The zero-order valence-electron chi connectivity index (χ0n) is 22.3. The van der Waals surface area contributed by atoms with Crippen molar-refractivity contribution < 1.29 is 9.90 Å². The lowest BCUT2D eigenvalue weighted by Gasteiger charge is -2.24. The van der Waals surface area contributed by atoms with Crippen molar-refractivity contribution in [3.05, 3.63) is 56.7 Å². The van der Waals surface area contributed by atoms with Gasteiger partial charge in [0, 0.05) is 24.7 Å². The molecule has 204 valence electrons. The normalized spacial score (nSPS) is 17.1. The second kappa shape index (κ2) is 11.9. The standard InChI is InChI=1S/C31H36N4O4/c1-2-19-33-27-29(32-28(33)25-16-13-22(14-17-25)15-18-26(36)37)34(20-23-9-5-3-6-10-23)31(39)35(30(27)38)21-24-11-7-4-8-12-24/h1,13-18,23-24H,3-12,19-21H2,(H,36,37)/b18-15+. The van der Waals surface area contributed by atoms with Crippen LogP contribution in [0.1, 0.15) is 69.8 Å². The van der Waals surface area contributed by atoms with Crippen LogP contribution in [-0.2, 0) is 24.4 Å². The number of fused-ring (bicyclic) bond motifs is 1. The van der Waals surface area contributed by atoms with E-state index in [2.05, 4.69) is 5.92 Å². The second-order valence-electron chi connectivity index (χ2n) is 11.0. The van der Waals surface area contributed by atoms with Crippen molar-refractivity contribution in [2.75, 3.05) is 0 Å². The van der Waals surface area contributed by atoms with Crippen LogP contribution in [-0.4, -0.2) is 29.8 Å². The zero-order chi connectivity index (χ0) is 27.4. The van der Waals surface area contributed by atoms with Crippen LogP contribution in [0.15, 0.2) is 39.9 Å². The average molecular weight is 529 g/mol. The Bertz CT molecular complexity index is 1520. The summed E-state index contributed by atoms with van der Waals surface area (Å²) in [7, 11) is 0. The van der Waals surface area contributed by atoms with E-state index < -0.39 is 5.97 Å². The number of terminal acetylenes is 1. The monoisotopic (exact) mass is 528 g/mol. The number of aromatic nitrogens is 4. The molecule has 0 saturated heterocycles. The summed E-state index contributed by atoms with van der Waals surface area (Å²) in [6.45, 7) is 1.12. The number of carboxylic acid groups (broad SMARTS) is 1. The molecule has 5 rings (SSSR count). The molecule has 1 N–H and O–H groups in total. The smallest absolute Gasteiger partial charge is 0.332 e. The van der Waals surface area contributed by atoms with Crippen molar-refractivity contribution in [3.63, 3.8) is 0 Å². The maximum atomic E-state index is 14.0. The molecule has 2 heterocycles. The van der Waals surface area contributed by atoms with E-state index in [4.69, 9.17) is 16.5 Å². The molecule has 2 aliphatic rings. The number of benzene rings is 1. The quantitative estimate of drug-likeness (QED) is 0.331. The first-order valence-corrected chi connectivity index (χ1v) is 14.1. The highest BCUT2D eigenvalue weighted by molar-refractivity contribution is 5.85. The number of hydrogen-bond acceptors (Lipinski definition) is 4. The summed E-state index contributed by atoms with van der Waals surface area (Å²) in [6.07, 6.45) is 19.6. The Labute approximate surface area is 228 Å². The van der Waals surface area contributed by atoms with Crippen LogP contribution in [0.25, 0.3) is 28.6 Å². The molecule has 2 aliphatic carbocycles. The molecule has 0 atom stereocenters. The van der Waals surface area contributed by atoms with E-state index in [1.54, 1.807) is 21.3 Å². The average Bonchev–Trinajstić information content (AvgIpc) is 3.33. The first kappa shape index (κ1) is 26.7. The Balaban J connectivity index is 1.66. The van der Waals surface area contributed by atoms with E-state index in [-0.39, 0.29) is 17.8 Å². The van der Waals surface area contributed by atoms with Gasteiger partial charge in [0.15, 0.2) is 11.2 Å². The fourth-order valence-corrected chi connectivity index (χ4v) is 6.25. The third kappa shape index (κ3) is 5.78.